The van der Waals surface area contributed by atoms with Gasteiger partial charge >= 0.3 is 0 Å². The summed E-state index contributed by atoms with van der Waals surface area (Å²) >= 11 is 0. The van der Waals surface area contributed by atoms with Gasteiger partial charge in [0.1, 0.15) is 0 Å². The maximum Gasteiger partial charge on any atom is 0.186 e. The van der Waals surface area contributed by atoms with Crippen LogP contribution in [0.4, 0.5) is 0 Å². The van der Waals surface area contributed by atoms with Crippen molar-refractivity contribution in [2.24, 2.45) is 16.5 Å². The van der Waals surface area contributed by atoms with Gasteiger partial charge in [-0.15, -0.1) is 12.4 Å². The molecule has 0 aliphatic carbocycles. The number of halogens is 1. The number of hydrogen-bond donors (Lipinski definition) is 2. The molecule has 0 bridgehead atoms. The Labute approximate surface area is 101 Å². The maximum atomic E-state index is 5.28. The number of fused-ring (bicyclic) bond motifs is 1. The Hall–Kier alpha value is -1.74. The van der Waals surface area contributed by atoms with Crippen LogP contribution in [-0.4, -0.2) is 5.96 Å². The zero-order chi connectivity index (χ0) is 10.7. The van der Waals surface area contributed by atoms with Gasteiger partial charge in [0.15, 0.2) is 5.96 Å². The fourth-order valence-electron chi connectivity index (χ4n) is 1.52. The minimum absolute atomic E-state index is 0. The van der Waals surface area contributed by atoms with Crippen LogP contribution in [0.5, 0.6) is 0 Å². The summed E-state index contributed by atoms with van der Waals surface area (Å²) in [5, 5.41) is 2.44. The summed E-state index contributed by atoms with van der Waals surface area (Å²) in [5.74, 6) is 0.128. The van der Waals surface area contributed by atoms with Crippen molar-refractivity contribution < 1.29 is 0 Å². The SMILES string of the molecule is Cl.NC(N)=NCc1ccc2ccccc2c1. The van der Waals surface area contributed by atoms with E-state index in [1.54, 1.807) is 0 Å². The van der Waals surface area contributed by atoms with Crippen LogP contribution in [-0.2, 0) is 6.54 Å². The molecule has 3 nitrogen and oxygen atoms in total. The second-order valence-corrected chi connectivity index (χ2v) is 3.42. The van der Waals surface area contributed by atoms with Gasteiger partial charge in [-0.2, -0.15) is 0 Å². The molecule has 0 heterocycles. The lowest BCUT2D eigenvalue weighted by Gasteiger charge is -2.00. The summed E-state index contributed by atoms with van der Waals surface area (Å²) in [6.45, 7) is 0.535. The van der Waals surface area contributed by atoms with E-state index in [1.807, 2.05) is 18.2 Å². The van der Waals surface area contributed by atoms with Crippen LogP contribution in [0, 0.1) is 0 Å². The van der Waals surface area contributed by atoms with Crippen molar-refractivity contribution in [3.05, 3.63) is 48.0 Å². The van der Waals surface area contributed by atoms with Gasteiger partial charge in [0.05, 0.1) is 6.54 Å². The molecule has 2 aromatic carbocycles. The van der Waals surface area contributed by atoms with Crippen LogP contribution in [0.2, 0.25) is 0 Å². The lowest BCUT2D eigenvalue weighted by Crippen LogP contribution is -2.22. The number of aliphatic imine (C=N–C) groups is 1. The molecule has 0 aliphatic heterocycles. The molecule has 0 atom stereocenters. The number of benzene rings is 2. The molecule has 0 fully saturated rings. The van der Waals surface area contributed by atoms with Crippen molar-refractivity contribution in [2.75, 3.05) is 0 Å². The molecule has 84 valence electrons. The minimum atomic E-state index is 0. The summed E-state index contributed by atoms with van der Waals surface area (Å²) in [4.78, 5) is 3.97. The van der Waals surface area contributed by atoms with Crippen LogP contribution in [0.25, 0.3) is 10.8 Å². The smallest absolute Gasteiger partial charge is 0.186 e. The molecule has 0 radical (unpaired) electrons. The molecule has 2 aromatic rings. The minimum Gasteiger partial charge on any atom is -0.370 e. The molecule has 0 amide bonds. The van der Waals surface area contributed by atoms with Gasteiger partial charge in [-0.05, 0) is 22.4 Å². The van der Waals surface area contributed by atoms with E-state index in [4.69, 9.17) is 11.5 Å². The first-order valence-electron chi connectivity index (χ1n) is 4.79. The molecule has 0 unspecified atom stereocenters. The summed E-state index contributed by atoms with van der Waals surface area (Å²) in [5.41, 5.74) is 11.7. The summed E-state index contributed by atoms with van der Waals surface area (Å²) < 4.78 is 0. The quantitative estimate of drug-likeness (QED) is 0.618. The number of rotatable bonds is 2. The number of hydrogen-bond acceptors (Lipinski definition) is 1. The third-order valence-electron chi connectivity index (χ3n) is 2.26. The van der Waals surface area contributed by atoms with E-state index in [0.29, 0.717) is 6.54 Å². The largest absolute Gasteiger partial charge is 0.370 e. The Kier molecular flexibility index (Phi) is 4.14. The predicted molar refractivity (Wildman–Crippen MR) is 70.7 cm³/mol. The van der Waals surface area contributed by atoms with Crippen molar-refractivity contribution in [1.29, 1.82) is 0 Å². The number of nitrogens with two attached hydrogens (primary N) is 2. The van der Waals surface area contributed by atoms with E-state index in [1.165, 1.54) is 10.8 Å². The molecule has 0 saturated carbocycles. The van der Waals surface area contributed by atoms with Crippen LogP contribution >= 0.6 is 12.4 Å². The highest BCUT2D eigenvalue weighted by Gasteiger charge is 1.94. The Morgan fingerprint density at radius 1 is 1.00 bits per heavy atom. The normalized spacial score (nSPS) is 9.50. The average Bonchev–Trinajstić information content (AvgIpc) is 2.26. The molecule has 0 spiro atoms. The molecule has 0 aromatic heterocycles. The molecule has 4 N–H and O–H groups in total. The van der Waals surface area contributed by atoms with Crippen molar-refractivity contribution >= 4 is 29.1 Å². The summed E-state index contributed by atoms with van der Waals surface area (Å²) in [6, 6.07) is 14.4. The van der Waals surface area contributed by atoms with Gasteiger partial charge in [0.25, 0.3) is 0 Å². The monoisotopic (exact) mass is 235 g/mol. The van der Waals surface area contributed by atoms with Gasteiger partial charge < -0.3 is 11.5 Å². The van der Waals surface area contributed by atoms with Crippen LogP contribution < -0.4 is 11.5 Å². The lowest BCUT2D eigenvalue weighted by atomic mass is 10.1. The number of guanidine groups is 1. The van der Waals surface area contributed by atoms with Gasteiger partial charge in [-0.3, -0.25) is 0 Å². The number of nitrogens with zero attached hydrogens (tertiary/aromatic N) is 1. The second-order valence-electron chi connectivity index (χ2n) is 3.42. The molecule has 0 aliphatic rings. The van der Waals surface area contributed by atoms with Crippen molar-refractivity contribution in [2.45, 2.75) is 6.54 Å². The van der Waals surface area contributed by atoms with Crippen molar-refractivity contribution in [3.8, 4) is 0 Å². The summed E-state index contributed by atoms with van der Waals surface area (Å²) in [7, 11) is 0. The highest BCUT2D eigenvalue weighted by atomic mass is 35.5. The topological polar surface area (TPSA) is 64.4 Å². The average molecular weight is 236 g/mol. The fraction of sp³-hybridized carbons (Fsp3) is 0.0833. The Balaban J connectivity index is 0.00000128. The summed E-state index contributed by atoms with van der Waals surface area (Å²) in [6.07, 6.45) is 0. The van der Waals surface area contributed by atoms with Crippen LogP contribution in [0.3, 0.4) is 0 Å². The first-order chi connectivity index (χ1) is 7.25. The van der Waals surface area contributed by atoms with Crippen molar-refractivity contribution in [3.63, 3.8) is 0 Å². The zero-order valence-electron chi connectivity index (χ0n) is 8.76. The molecular formula is C12H14ClN3. The maximum absolute atomic E-state index is 5.28. The van der Waals surface area contributed by atoms with Gasteiger partial charge in [-0.25, -0.2) is 4.99 Å². The van der Waals surface area contributed by atoms with E-state index >= 15 is 0 Å². The van der Waals surface area contributed by atoms with Gasteiger partial charge in [-0.1, -0.05) is 36.4 Å². The van der Waals surface area contributed by atoms with E-state index in [2.05, 4.69) is 29.3 Å². The molecular weight excluding hydrogens is 222 g/mol. The highest BCUT2D eigenvalue weighted by Crippen LogP contribution is 2.15. The molecule has 0 saturated heterocycles. The fourth-order valence-corrected chi connectivity index (χ4v) is 1.52. The molecule has 16 heavy (non-hydrogen) atoms. The van der Waals surface area contributed by atoms with Gasteiger partial charge in [0.2, 0.25) is 0 Å². The van der Waals surface area contributed by atoms with E-state index in [9.17, 15) is 0 Å². The van der Waals surface area contributed by atoms with E-state index in [0.717, 1.165) is 5.56 Å². The lowest BCUT2D eigenvalue weighted by molar-refractivity contribution is 1.06. The molecule has 4 heteroatoms. The van der Waals surface area contributed by atoms with Crippen molar-refractivity contribution in [1.82, 2.24) is 0 Å². The van der Waals surface area contributed by atoms with Crippen LogP contribution in [0.1, 0.15) is 5.56 Å². The standard InChI is InChI=1S/C12H13N3.ClH/c13-12(14)15-8-9-5-6-10-3-1-2-4-11(10)7-9;/h1-7H,8H2,(H4,13,14,15);1H. The van der Waals surface area contributed by atoms with E-state index < -0.39 is 0 Å². The Morgan fingerprint density at radius 3 is 2.38 bits per heavy atom. The second kappa shape index (κ2) is 5.37. The van der Waals surface area contributed by atoms with Crippen LogP contribution in [0.15, 0.2) is 47.5 Å². The van der Waals surface area contributed by atoms with E-state index in [-0.39, 0.29) is 18.4 Å². The highest BCUT2D eigenvalue weighted by molar-refractivity contribution is 5.85. The first kappa shape index (κ1) is 12.3. The Morgan fingerprint density at radius 2 is 1.69 bits per heavy atom. The third-order valence-corrected chi connectivity index (χ3v) is 2.26. The molecule has 2 rings (SSSR count). The Bertz CT molecular complexity index is 504. The zero-order valence-corrected chi connectivity index (χ0v) is 9.58. The first-order valence-corrected chi connectivity index (χ1v) is 4.79. The third kappa shape index (κ3) is 2.87. The predicted octanol–water partition coefficient (Wildman–Crippen LogP) is 2.03. The van der Waals surface area contributed by atoms with Gasteiger partial charge in [0, 0.05) is 0 Å².